The van der Waals surface area contributed by atoms with E-state index in [9.17, 15) is 14.4 Å². The Morgan fingerprint density at radius 2 is 1.82 bits per heavy atom. The average Bonchev–Trinajstić information content (AvgIpc) is 2.71. The lowest BCUT2D eigenvalue weighted by Gasteiger charge is -2.30. The molecule has 146 valence electrons. The van der Waals surface area contributed by atoms with Crippen LogP contribution in [0.4, 0.5) is 16.2 Å². The second-order valence-electron chi connectivity index (χ2n) is 6.63. The van der Waals surface area contributed by atoms with E-state index in [-0.39, 0.29) is 18.4 Å². The normalized spacial score (nSPS) is 13.9. The van der Waals surface area contributed by atoms with Gasteiger partial charge >= 0.3 is 6.03 Å². The lowest BCUT2D eigenvalue weighted by molar-refractivity contribution is -0.122. The molecule has 2 aromatic carbocycles. The van der Waals surface area contributed by atoms with Crippen LogP contribution in [0.5, 0.6) is 0 Å². The smallest absolute Gasteiger partial charge is 0.323 e. The highest BCUT2D eigenvalue weighted by molar-refractivity contribution is 6.10. The van der Waals surface area contributed by atoms with E-state index < -0.39 is 12.1 Å². The van der Waals surface area contributed by atoms with Crippen molar-refractivity contribution in [3.8, 4) is 0 Å². The maximum absolute atomic E-state index is 12.9. The monoisotopic (exact) mass is 380 g/mol. The molecule has 2 aromatic rings. The van der Waals surface area contributed by atoms with E-state index >= 15 is 0 Å². The standard InChI is InChI=1S/C21H24N4O3/c1-2-12-22-20(27)17(13-15-8-4-3-5-9-15)24-21(28)25-14-19(26)23-16-10-6-7-11-18(16)25/h3-11,17H,2,12-14H2,1H3,(H,22,27)(H,23,26)(H,24,28)/t17-/m0/s1. The van der Waals surface area contributed by atoms with Crippen LogP contribution in [0.15, 0.2) is 54.6 Å². The Kier molecular flexibility index (Phi) is 6.26. The first kappa shape index (κ1) is 19.4. The molecule has 1 aliphatic heterocycles. The van der Waals surface area contributed by atoms with Crippen LogP contribution in [0.2, 0.25) is 0 Å². The molecular weight excluding hydrogens is 356 g/mol. The van der Waals surface area contributed by atoms with E-state index in [0.717, 1.165) is 12.0 Å². The quantitative estimate of drug-likeness (QED) is 0.718. The van der Waals surface area contributed by atoms with E-state index in [1.54, 1.807) is 24.3 Å². The molecule has 28 heavy (non-hydrogen) atoms. The number of benzene rings is 2. The predicted octanol–water partition coefficient (Wildman–Crippen LogP) is 2.29. The second kappa shape index (κ2) is 9.03. The molecule has 0 bridgehead atoms. The number of nitrogens with one attached hydrogen (secondary N) is 3. The summed E-state index contributed by atoms with van der Waals surface area (Å²) < 4.78 is 0. The molecule has 1 heterocycles. The molecule has 0 saturated carbocycles. The van der Waals surface area contributed by atoms with Gasteiger partial charge in [0.1, 0.15) is 12.6 Å². The molecule has 0 aromatic heterocycles. The summed E-state index contributed by atoms with van der Waals surface area (Å²) in [6, 6.07) is 15.4. The number of rotatable bonds is 6. The number of hydrogen-bond acceptors (Lipinski definition) is 3. The van der Waals surface area contributed by atoms with Crippen LogP contribution in [0.3, 0.4) is 0 Å². The summed E-state index contributed by atoms with van der Waals surface area (Å²) in [7, 11) is 0. The van der Waals surface area contributed by atoms with Crippen LogP contribution in [0, 0.1) is 0 Å². The Morgan fingerprint density at radius 3 is 2.57 bits per heavy atom. The third-order valence-electron chi connectivity index (χ3n) is 4.46. The number of para-hydroxylation sites is 2. The minimum Gasteiger partial charge on any atom is -0.354 e. The number of fused-ring (bicyclic) bond motifs is 1. The van der Waals surface area contributed by atoms with Crippen molar-refractivity contribution in [1.82, 2.24) is 10.6 Å². The van der Waals surface area contributed by atoms with Crippen molar-refractivity contribution in [2.45, 2.75) is 25.8 Å². The number of nitrogens with zero attached hydrogens (tertiary/aromatic N) is 1. The number of carbonyl (C=O) groups excluding carboxylic acids is 3. The van der Waals surface area contributed by atoms with Gasteiger partial charge in [0.2, 0.25) is 11.8 Å². The number of anilines is 2. The van der Waals surface area contributed by atoms with Crippen molar-refractivity contribution in [1.29, 1.82) is 0 Å². The largest absolute Gasteiger partial charge is 0.354 e. The summed E-state index contributed by atoms with van der Waals surface area (Å²) in [5.74, 6) is -0.516. The second-order valence-corrected chi connectivity index (χ2v) is 6.63. The van der Waals surface area contributed by atoms with Gasteiger partial charge in [-0.15, -0.1) is 0 Å². The van der Waals surface area contributed by atoms with Gasteiger partial charge in [-0.2, -0.15) is 0 Å². The summed E-state index contributed by atoms with van der Waals surface area (Å²) in [5, 5.41) is 8.39. The number of amides is 4. The SMILES string of the molecule is CCCNC(=O)[C@H](Cc1ccccc1)NC(=O)N1CC(=O)Nc2ccccc21. The zero-order chi connectivity index (χ0) is 19.9. The summed E-state index contributed by atoms with van der Waals surface area (Å²) in [6.45, 7) is 2.40. The predicted molar refractivity (Wildman–Crippen MR) is 108 cm³/mol. The first-order chi connectivity index (χ1) is 13.6. The minimum absolute atomic E-state index is 0.0997. The average molecular weight is 380 g/mol. The van der Waals surface area contributed by atoms with Crippen molar-refractivity contribution in [2.75, 3.05) is 23.3 Å². The van der Waals surface area contributed by atoms with E-state index in [0.29, 0.717) is 24.3 Å². The molecule has 0 aliphatic carbocycles. The minimum atomic E-state index is -0.737. The van der Waals surface area contributed by atoms with Crippen LogP contribution in [-0.4, -0.2) is 37.0 Å². The third-order valence-corrected chi connectivity index (χ3v) is 4.46. The van der Waals surface area contributed by atoms with E-state index in [4.69, 9.17) is 0 Å². The van der Waals surface area contributed by atoms with Gasteiger partial charge in [-0.1, -0.05) is 49.4 Å². The molecule has 0 spiro atoms. The fraction of sp³-hybridized carbons (Fsp3) is 0.286. The van der Waals surface area contributed by atoms with Crippen molar-refractivity contribution in [3.05, 3.63) is 60.2 Å². The zero-order valence-corrected chi connectivity index (χ0v) is 15.8. The summed E-state index contributed by atoms with van der Waals surface area (Å²) in [5.41, 5.74) is 2.12. The first-order valence-electron chi connectivity index (χ1n) is 9.37. The van der Waals surface area contributed by atoms with Gasteiger partial charge in [-0.25, -0.2) is 4.79 Å². The van der Waals surface area contributed by atoms with Gasteiger partial charge in [0.05, 0.1) is 11.4 Å². The fourth-order valence-corrected chi connectivity index (χ4v) is 3.07. The number of urea groups is 1. The maximum Gasteiger partial charge on any atom is 0.323 e. The molecule has 7 nitrogen and oxygen atoms in total. The molecule has 1 atom stereocenters. The van der Waals surface area contributed by atoms with Crippen molar-refractivity contribution < 1.29 is 14.4 Å². The molecule has 7 heteroatoms. The Hall–Kier alpha value is -3.35. The van der Waals surface area contributed by atoms with E-state index in [1.807, 2.05) is 37.3 Å². The molecule has 0 radical (unpaired) electrons. The lowest BCUT2D eigenvalue weighted by atomic mass is 10.1. The summed E-state index contributed by atoms with van der Waals surface area (Å²) in [4.78, 5) is 38.9. The van der Waals surface area contributed by atoms with Crippen LogP contribution in [-0.2, 0) is 16.0 Å². The van der Waals surface area contributed by atoms with Crippen molar-refractivity contribution in [2.24, 2.45) is 0 Å². The van der Waals surface area contributed by atoms with Gasteiger partial charge < -0.3 is 16.0 Å². The third kappa shape index (κ3) is 4.68. The molecule has 0 fully saturated rings. The van der Waals surface area contributed by atoms with Crippen LogP contribution >= 0.6 is 0 Å². The summed E-state index contributed by atoms with van der Waals surface area (Å²) in [6.07, 6.45) is 1.17. The molecule has 0 unspecified atom stereocenters. The Bertz CT molecular complexity index is 854. The van der Waals surface area contributed by atoms with Crippen LogP contribution < -0.4 is 20.9 Å². The zero-order valence-electron chi connectivity index (χ0n) is 15.8. The van der Waals surface area contributed by atoms with Gasteiger partial charge in [0.15, 0.2) is 0 Å². The fourth-order valence-electron chi connectivity index (χ4n) is 3.07. The topological polar surface area (TPSA) is 90.5 Å². The molecule has 3 rings (SSSR count). The van der Waals surface area contributed by atoms with Gasteiger partial charge in [-0.3, -0.25) is 14.5 Å². The Balaban J connectivity index is 1.78. The highest BCUT2D eigenvalue weighted by Gasteiger charge is 2.29. The van der Waals surface area contributed by atoms with Crippen molar-refractivity contribution in [3.63, 3.8) is 0 Å². The van der Waals surface area contributed by atoms with Crippen molar-refractivity contribution >= 4 is 29.2 Å². The molecule has 3 N–H and O–H groups in total. The maximum atomic E-state index is 12.9. The van der Waals surface area contributed by atoms with Crippen LogP contribution in [0.25, 0.3) is 0 Å². The summed E-state index contributed by atoms with van der Waals surface area (Å²) >= 11 is 0. The van der Waals surface area contributed by atoms with Gasteiger partial charge in [0, 0.05) is 13.0 Å². The number of hydrogen-bond donors (Lipinski definition) is 3. The number of carbonyl (C=O) groups is 3. The van der Waals surface area contributed by atoms with E-state index in [2.05, 4.69) is 16.0 Å². The lowest BCUT2D eigenvalue weighted by Crippen LogP contribution is -2.54. The molecule has 0 saturated heterocycles. The van der Waals surface area contributed by atoms with Gasteiger partial charge in [0.25, 0.3) is 0 Å². The Labute approximate surface area is 164 Å². The molecule has 4 amide bonds. The highest BCUT2D eigenvalue weighted by Crippen LogP contribution is 2.28. The first-order valence-corrected chi connectivity index (χ1v) is 9.37. The van der Waals surface area contributed by atoms with E-state index in [1.165, 1.54) is 4.90 Å². The molecule has 1 aliphatic rings. The molecular formula is C21H24N4O3. The highest BCUT2D eigenvalue weighted by atomic mass is 16.2. The van der Waals surface area contributed by atoms with Gasteiger partial charge in [-0.05, 0) is 24.1 Å². The Morgan fingerprint density at radius 1 is 1.11 bits per heavy atom. The van der Waals surface area contributed by atoms with Crippen LogP contribution in [0.1, 0.15) is 18.9 Å².